The molecule has 0 atom stereocenters. The molecule has 0 fully saturated rings. The molecule has 0 unspecified atom stereocenters. The fourth-order valence-corrected chi connectivity index (χ4v) is 1.34. The zero-order valence-corrected chi connectivity index (χ0v) is 8.81. The second-order valence-corrected chi connectivity index (χ2v) is 3.28. The van der Waals surface area contributed by atoms with Crippen LogP contribution in [0.3, 0.4) is 0 Å². The SMILES string of the molecule is CN(CC(F)F)c1nccc(CCl)c1F. The average molecular weight is 239 g/mol. The third-order valence-electron chi connectivity index (χ3n) is 1.87. The van der Waals surface area contributed by atoms with E-state index in [4.69, 9.17) is 11.6 Å². The van der Waals surface area contributed by atoms with Gasteiger partial charge in [-0.2, -0.15) is 0 Å². The number of hydrogen-bond acceptors (Lipinski definition) is 2. The molecule has 84 valence electrons. The van der Waals surface area contributed by atoms with Gasteiger partial charge in [-0.05, 0) is 6.07 Å². The molecule has 0 N–H and O–H groups in total. The lowest BCUT2D eigenvalue weighted by atomic mass is 10.2. The van der Waals surface area contributed by atoms with E-state index in [0.717, 1.165) is 4.90 Å². The first-order chi connectivity index (χ1) is 7.06. The van der Waals surface area contributed by atoms with Crippen LogP contribution in [0.25, 0.3) is 0 Å². The van der Waals surface area contributed by atoms with Crippen molar-refractivity contribution < 1.29 is 13.2 Å². The highest BCUT2D eigenvalue weighted by molar-refractivity contribution is 6.17. The van der Waals surface area contributed by atoms with Crippen LogP contribution in [-0.4, -0.2) is 25.0 Å². The first kappa shape index (κ1) is 12.1. The molecule has 0 radical (unpaired) electrons. The summed E-state index contributed by atoms with van der Waals surface area (Å²) in [6.07, 6.45) is -1.19. The summed E-state index contributed by atoms with van der Waals surface area (Å²) in [4.78, 5) is 4.76. The lowest BCUT2D eigenvalue weighted by Gasteiger charge is -2.18. The Bertz CT molecular complexity index is 333. The van der Waals surface area contributed by atoms with Crippen LogP contribution in [0, 0.1) is 5.82 Å². The Hall–Kier alpha value is -0.970. The first-order valence-corrected chi connectivity index (χ1v) is 4.78. The van der Waals surface area contributed by atoms with E-state index in [1.807, 2.05) is 0 Å². The molecular weight excluding hydrogens is 229 g/mol. The van der Waals surface area contributed by atoms with E-state index < -0.39 is 18.8 Å². The molecule has 0 aliphatic carbocycles. The van der Waals surface area contributed by atoms with Crippen molar-refractivity contribution in [2.75, 3.05) is 18.5 Å². The van der Waals surface area contributed by atoms with Gasteiger partial charge >= 0.3 is 0 Å². The molecule has 0 spiro atoms. The minimum Gasteiger partial charge on any atom is -0.352 e. The number of halogens is 4. The number of nitrogens with zero attached hydrogens (tertiary/aromatic N) is 2. The fraction of sp³-hybridized carbons (Fsp3) is 0.444. The highest BCUT2D eigenvalue weighted by Gasteiger charge is 2.15. The van der Waals surface area contributed by atoms with Crippen LogP contribution in [0.1, 0.15) is 5.56 Å². The van der Waals surface area contributed by atoms with Gasteiger partial charge in [0, 0.05) is 18.8 Å². The second-order valence-electron chi connectivity index (χ2n) is 3.01. The van der Waals surface area contributed by atoms with Gasteiger partial charge in [-0.25, -0.2) is 18.2 Å². The third-order valence-corrected chi connectivity index (χ3v) is 2.16. The smallest absolute Gasteiger partial charge is 0.255 e. The van der Waals surface area contributed by atoms with E-state index >= 15 is 0 Å². The van der Waals surface area contributed by atoms with Crippen molar-refractivity contribution in [3.63, 3.8) is 0 Å². The average Bonchev–Trinajstić information content (AvgIpc) is 2.17. The van der Waals surface area contributed by atoms with Crippen LogP contribution in [0.2, 0.25) is 0 Å². The molecule has 1 rings (SSSR count). The summed E-state index contributed by atoms with van der Waals surface area (Å²) in [5, 5.41) is 0. The summed E-state index contributed by atoms with van der Waals surface area (Å²) in [6, 6.07) is 1.42. The Balaban J connectivity index is 2.93. The van der Waals surface area contributed by atoms with Crippen LogP contribution in [-0.2, 0) is 5.88 Å². The van der Waals surface area contributed by atoms with Gasteiger partial charge in [0.05, 0.1) is 12.4 Å². The van der Waals surface area contributed by atoms with Gasteiger partial charge in [0.2, 0.25) is 0 Å². The molecule has 1 aromatic rings. The predicted octanol–water partition coefficient (Wildman–Crippen LogP) is 2.66. The molecule has 0 bridgehead atoms. The van der Waals surface area contributed by atoms with Crippen LogP contribution in [0.5, 0.6) is 0 Å². The number of pyridine rings is 1. The van der Waals surface area contributed by atoms with Crippen molar-refractivity contribution >= 4 is 17.4 Å². The highest BCUT2D eigenvalue weighted by Crippen LogP contribution is 2.20. The van der Waals surface area contributed by atoms with Crippen LogP contribution < -0.4 is 4.90 Å². The van der Waals surface area contributed by atoms with E-state index in [1.165, 1.54) is 19.3 Å². The number of anilines is 1. The van der Waals surface area contributed by atoms with Crippen molar-refractivity contribution in [3.8, 4) is 0 Å². The van der Waals surface area contributed by atoms with Gasteiger partial charge in [-0.1, -0.05) is 0 Å². The summed E-state index contributed by atoms with van der Waals surface area (Å²) >= 11 is 5.48. The zero-order chi connectivity index (χ0) is 11.4. The van der Waals surface area contributed by atoms with Gasteiger partial charge in [0.15, 0.2) is 11.6 Å². The molecule has 15 heavy (non-hydrogen) atoms. The number of aromatic nitrogens is 1. The summed E-state index contributed by atoms with van der Waals surface area (Å²) in [7, 11) is 1.36. The summed E-state index contributed by atoms with van der Waals surface area (Å²) < 4.78 is 37.7. The number of rotatable bonds is 4. The maximum atomic E-state index is 13.5. The normalized spacial score (nSPS) is 10.8. The first-order valence-electron chi connectivity index (χ1n) is 4.25. The number of alkyl halides is 3. The molecule has 0 saturated heterocycles. The minimum absolute atomic E-state index is 0.0100. The Morgan fingerprint density at radius 1 is 1.53 bits per heavy atom. The van der Waals surface area contributed by atoms with E-state index in [2.05, 4.69) is 4.98 Å². The molecule has 2 nitrogen and oxygen atoms in total. The Morgan fingerprint density at radius 2 is 2.20 bits per heavy atom. The Morgan fingerprint density at radius 3 is 2.73 bits per heavy atom. The molecule has 1 heterocycles. The van der Waals surface area contributed by atoms with Crippen molar-refractivity contribution in [2.45, 2.75) is 12.3 Å². The molecule has 0 aromatic carbocycles. The molecule has 0 amide bonds. The van der Waals surface area contributed by atoms with E-state index in [-0.39, 0.29) is 17.3 Å². The summed E-state index contributed by atoms with van der Waals surface area (Å²) in [6.45, 7) is -0.560. The fourth-order valence-electron chi connectivity index (χ4n) is 1.13. The molecule has 1 aromatic heterocycles. The molecule has 0 aliphatic heterocycles. The maximum absolute atomic E-state index is 13.5. The Kier molecular flexibility index (Phi) is 4.20. The summed E-state index contributed by atoms with van der Waals surface area (Å²) in [5.74, 6) is -0.756. The van der Waals surface area contributed by atoms with Gasteiger partial charge in [-0.15, -0.1) is 11.6 Å². The minimum atomic E-state index is -2.53. The van der Waals surface area contributed by atoms with Gasteiger partial charge in [0.1, 0.15) is 0 Å². The van der Waals surface area contributed by atoms with Crippen molar-refractivity contribution in [1.82, 2.24) is 4.98 Å². The van der Waals surface area contributed by atoms with E-state index in [9.17, 15) is 13.2 Å². The Labute approximate surface area is 90.7 Å². The van der Waals surface area contributed by atoms with E-state index in [0.29, 0.717) is 0 Å². The van der Waals surface area contributed by atoms with Gasteiger partial charge in [-0.3, -0.25) is 0 Å². The monoisotopic (exact) mass is 238 g/mol. The molecular formula is C9H10ClF3N2. The lowest BCUT2D eigenvalue weighted by Crippen LogP contribution is -2.26. The number of hydrogen-bond donors (Lipinski definition) is 0. The summed E-state index contributed by atoms with van der Waals surface area (Å²) in [5.41, 5.74) is 0.253. The van der Waals surface area contributed by atoms with Crippen LogP contribution in [0.15, 0.2) is 12.3 Å². The van der Waals surface area contributed by atoms with Crippen molar-refractivity contribution in [1.29, 1.82) is 0 Å². The second kappa shape index (κ2) is 5.21. The van der Waals surface area contributed by atoms with E-state index in [1.54, 1.807) is 0 Å². The topological polar surface area (TPSA) is 16.1 Å². The molecule has 0 saturated carbocycles. The quantitative estimate of drug-likeness (QED) is 0.750. The van der Waals surface area contributed by atoms with Crippen molar-refractivity contribution in [3.05, 3.63) is 23.6 Å². The molecule has 6 heteroatoms. The zero-order valence-electron chi connectivity index (χ0n) is 8.05. The van der Waals surface area contributed by atoms with Gasteiger partial charge in [0.25, 0.3) is 6.43 Å². The predicted molar refractivity (Wildman–Crippen MR) is 53.0 cm³/mol. The van der Waals surface area contributed by atoms with Crippen molar-refractivity contribution in [2.24, 2.45) is 0 Å². The van der Waals surface area contributed by atoms with Gasteiger partial charge < -0.3 is 4.90 Å². The maximum Gasteiger partial charge on any atom is 0.255 e. The van der Waals surface area contributed by atoms with Crippen LogP contribution >= 0.6 is 11.6 Å². The highest BCUT2D eigenvalue weighted by atomic mass is 35.5. The third kappa shape index (κ3) is 2.99. The standard InChI is InChI=1S/C9H10ClF3N2/c1-15(5-7(11)12)9-8(13)6(4-10)2-3-14-9/h2-3,7H,4-5H2,1H3. The molecule has 0 aliphatic rings. The largest absolute Gasteiger partial charge is 0.352 e. The van der Waals surface area contributed by atoms with Crippen LogP contribution in [0.4, 0.5) is 19.0 Å². The lowest BCUT2D eigenvalue weighted by molar-refractivity contribution is 0.156.